The van der Waals surface area contributed by atoms with Crippen LogP contribution in [0.5, 0.6) is 17.2 Å². The second-order valence-electron chi connectivity index (χ2n) is 7.55. The minimum absolute atomic E-state index is 0.153. The molecule has 7 heteroatoms. The van der Waals surface area contributed by atoms with Gasteiger partial charge < -0.3 is 14.2 Å². The Morgan fingerprint density at radius 2 is 1.97 bits per heavy atom. The summed E-state index contributed by atoms with van der Waals surface area (Å²) in [7, 11) is 1.69. The van der Waals surface area contributed by atoms with Crippen molar-refractivity contribution in [2.24, 2.45) is 5.10 Å². The lowest BCUT2D eigenvalue weighted by Gasteiger charge is -2.24. The number of nitrogens with one attached hydrogen (secondary N) is 1. The van der Waals surface area contributed by atoms with E-state index >= 15 is 0 Å². The van der Waals surface area contributed by atoms with E-state index in [2.05, 4.69) is 21.5 Å². The number of para-hydroxylation sites is 2. The quantitative estimate of drug-likeness (QED) is 0.587. The molecule has 2 aliphatic rings. The number of carbonyl (C=O) groups is 1. The first-order valence-electron chi connectivity index (χ1n) is 10.3. The van der Waals surface area contributed by atoms with Crippen LogP contribution in [0.4, 0.5) is 0 Å². The van der Waals surface area contributed by atoms with Crippen LogP contribution in [0.2, 0.25) is 0 Å². The third-order valence-electron chi connectivity index (χ3n) is 5.43. The predicted octanol–water partition coefficient (Wildman–Crippen LogP) is 2.97. The number of ether oxygens (including phenoxy) is 3. The van der Waals surface area contributed by atoms with Gasteiger partial charge in [0, 0.05) is 12.1 Å². The van der Waals surface area contributed by atoms with Crippen molar-refractivity contribution < 1.29 is 19.0 Å². The Bertz CT molecular complexity index is 938. The number of methoxy groups -OCH3 is 1. The fraction of sp³-hybridized carbons (Fsp3) is 0.391. The fourth-order valence-electron chi connectivity index (χ4n) is 3.73. The van der Waals surface area contributed by atoms with E-state index in [4.69, 9.17) is 14.2 Å². The van der Waals surface area contributed by atoms with Gasteiger partial charge in [-0.25, -0.2) is 5.43 Å². The van der Waals surface area contributed by atoms with Crippen LogP contribution in [-0.4, -0.2) is 49.4 Å². The van der Waals surface area contributed by atoms with Gasteiger partial charge in [0.1, 0.15) is 12.4 Å². The molecule has 2 heterocycles. The number of hydrogen-bond donors (Lipinski definition) is 1. The second kappa shape index (κ2) is 9.17. The van der Waals surface area contributed by atoms with Crippen LogP contribution in [0.3, 0.4) is 0 Å². The molecule has 4 rings (SSSR count). The number of rotatable bonds is 6. The molecule has 1 saturated heterocycles. The molecule has 158 valence electrons. The van der Waals surface area contributed by atoms with Crippen molar-refractivity contribution in [3.05, 3.63) is 53.6 Å². The van der Waals surface area contributed by atoms with Gasteiger partial charge in [-0.05, 0) is 68.8 Å². The van der Waals surface area contributed by atoms with Crippen molar-refractivity contribution in [1.82, 2.24) is 10.3 Å². The van der Waals surface area contributed by atoms with Gasteiger partial charge >= 0.3 is 0 Å². The van der Waals surface area contributed by atoms with E-state index in [0.717, 1.165) is 36.5 Å². The summed E-state index contributed by atoms with van der Waals surface area (Å²) in [5, 5.41) is 4.28. The molecule has 7 nitrogen and oxygen atoms in total. The van der Waals surface area contributed by atoms with E-state index in [1.807, 2.05) is 37.3 Å². The average Bonchev–Trinajstić information content (AvgIpc) is 3.30. The Kier molecular flexibility index (Phi) is 6.18. The molecule has 2 aromatic carbocycles. The Balaban J connectivity index is 1.42. The Labute approximate surface area is 176 Å². The van der Waals surface area contributed by atoms with Crippen LogP contribution in [-0.2, 0) is 11.3 Å². The molecule has 1 amide bonds. The van der Waals surface area contributed by atoms with Crippen LogP contribution >= 0.6 is 0 Å². The summed E-state index contributed by atoms with van der Waals surface area (Å²) in [4.78, 5) is 14.9. The topological polar surface area (TPSA) is 72.4 Å². The number of nitrogens with zero attached hydrogens (tertiary/aromatic N) is 2. The van der Waals surface area contributed by atoms with Crippen LogP contribution < -0.4 is 19.6 Å². The standard InChI is InChI=1S/C23H27N3O4/c1-16(17-9-10-19(28-2)18(13-17)14-26-11-5-6-12-26)24-25-23(27)22-15-29-20-7-3-4-8-21(20)30-22/h3-4,7-10,13,22H,5-6,11-12,14-15H2,1-2H3,(H,25,27)/b24-16-/t22-/m1/s1. The van der Waals surface area contributed by atoms with Gasteiger partial charge in [0.2, 0.25) is 6.10 Å². The first kappa shape index (κ1) is 20.2. The van der Waals surface area contributed by atoms with Gasteiger partial charge in [0.25, 0.3) is 5.91 Å². The number of hydrogen-bond acceptors (Lipinski definition) is 6. The monoisotopic (exact) mass is 409 g/mol. The maximum Gasteiger partial charge on any atom is 0.284 e. The highest BCUT2D eigenvalue weighted by molar-refractivity contribution is 5.99. The number of hydrazone groups is 1. The Hall–Kier alpha value is -3.06. The highest BCUT2D eigenvalue weighted by atomic mass is 16.6. The molecule has 0 unspecified atom stereocenters. The van der Waals surface area contributed by atoms with Gasteiger partial charge in [-0.2, -0.15) is 5.10 Å². The largest absolute Gasteiger partial charge is 0.496 e. The van der Waals surface area contributed by atoms with E-state index in [1.165, 1.54) is 12.8 Å². The maximum atomic E-state index is 12.5. The molecular formula is C23H27N3O4. The number of likely N-dealkylation sites (tertiary alicyclic amines) is 1. The van der Waals surface area contributed by atoms with Gasteiger partial charge in [-0.15, -0.1) is 0 Å². The molecule has 1 N–H and O–H groups in total. The smallest absolute Gasteiger partial charge is 0.284 e. The lowest BCUT2D eigenvalue weighted by atomic mass is 10.1. The molecule has 0 spiro atoms. The lowest BCUT2D eigenvalue weighted by molar-refractivity contribution is -0.130. The normalized spacial score (nSPS) is 18.9. The van der Waals surface area contributed by atoms with E-state index in [-0.39, 0.29) is 12.5 Å². The molecular weight excluding hydrogens is 382 g/mol. The molecule has 1 fully saturated rings. The second-order valence-corrected chi connectivity index (χ2v) is 7.55. The lowest BCUT2D eigenvalue weighted by Crippen LogP contribution is -2.42. The van der Waals surface area contributed by atoms with E-state index in [1.54, 1.807) is 13.2 Å². The van der Waals surface area contributed by atoms with Crippen molar-refractivity contribution in [2.75, 3.05) is 26.8 Å². The van der Waals surface area contributed by atoms with Gasteiger partial charge in [0.15, 0.2) is 11.5 Å². The first-order valence-corrected chi connectivity index (χ1v) is 10.3. The molecule has 2 aromatic rings. The Morgan fingerprint density at radius 1 is 1.20 bits per heavy atom. The van der Waals surface area contributed by atoms with Crippen LogP contribution in [0.25, 0.3) is 0 Å². The van der Waals surface area contributed by atoms with E-state index in [0.29, 0.717) is 17.2 Å². The van der Waals surface area contributed by atoms with Crippen molar-refractivity contribution in [3.63, 3.8) is 0 Å². The molecule has 30 heavy (non-hydrogen) atoms. The van der Waals surface area contributed by atoms with Crippen LogP contribution in [0, 0.1) is 0 Å². The summed E-state index contributed by atoms with van der Waals surface area (Å²) in [6, 6.07) is 13.3. The van der Waals surface area contributed by atoms with Crippen molar-refractivity contribution in [1.29, 1.82) is 0 Å². The van der Waals surface area contributed by atoms with Crippen molar-refractivity contribution >= 4 is 11.6 Å². The highest BCUT2D eigenvalue weighted by Crippen LogP contribution is 2.31. The third kappa shape index (κ3) is 4.57. The molecule has 1 atom stereocenters. The molecule has 0 bridgehead atoms. The highest BCUT2D eigenvalue weighted by Gasteiger charge is 2.27. The average molecular weight is 409 g/mol. The SMILES string of the molecule is COc1ccc(/C(C)=N\NC(=O)[C@H]2COc3ccccc3O2)cc1CN1CCCC1. The Morgan fingerprint density at radius 3 is 2.73 bits per heavy atom. The predicted molar refractivity (Wildman–Crippen MR) is 114 cm³/mol. The fourth-order valence-corrected chi connectivity index (χ4v) is 3.73. The zero-order valence-electron chi connectivity index (χ0n) is 17.4. The van der Waals surface area contributed by atoms with Crippen LogP contribution in [0.15, 0.2) is 47.6 Å². The molecule has 0 saturated carbocycles. The summed E-state index contributed by atoms with van der Waals surface area (Å²) < 4.78 is 16.9. The summed E-state index contributed by atoms with van der Waals surface area (Å²) >= 11 is 0. The summed E-state index contributed by atoms with van der Waals surface area (Å²) in [5.41, 5.74) is 5.38. The summed E-state index contributed by atoms with van der Waals surface area (Å²) in [6.07, 6.45) is 1.75. The van der Waals surface area contributed by atoms with Crippen LogP contribution in [0.1, 0.15) is 30.9 Å². The molecule has 0 aromatic heterocycles. The van der Waals surface area contributed by atoms with Gasteiger partial charge in [-0.1, -0.05) is 12.1 Å². The number of carbonyl (C=O) groups excluding carboxylic acids is 1. The molecule has 0 aliphatic carbocycles. The van der Waals surface area contributed by atoms with Gasteiger partial charge in [-0.3, -0.25) is 9.69 Å². The molecule has 0 radical (unpaired) electrons. The van der Waals surface area contributed by atoms with Gasteiger partial charge in [0.05, 0.1) is 12.8 Å². The minimum atomic E-state index is -0.738. The minimum Gasteiger partial charge on any atom is -0.496 e. The van der Waals surface area contributed by atoms with Crippen molar-refractivity contribution in [2.45, 2.75) is 32.4 Å². The summed E-state index contributed by atoms with van der Waals surface area (Å²) in [5.74, 6) is 1.74. The molecule has 2 aliphatic heterocycles. The number of amides is 1. The zero-order valence-corrected chi connectivity index (χ0v) is 17.4. The van der Waals surface area contributed by atoms with Crippen molar-refractivity contribution in [3.8, 4) is 17.2 Å². The summed E-state index contributed by atoms with van der Waals surface area (Å²) in [6.45, 7) is 5.10. The van der Waals surface area contributed by atoms with E-state index < -0.39 is 6.10 Å². The number of benzene rings is 2. The first-order chi connectivity index (χ1) is 14.6. The zero-order chi connectivity index (χ0) is 20.9. The number of fused-ring (bicyclic) bond motifs is 1. The maximum absolute atomic E-state index is 12.5. The third-order valence-corrected chi connectivity index (χ3v) is 5.43. The van der Waals surface area contributed by atoms with E-state index in [9.17, 15) is 4.79 Å².